The fraction of sp³-hybridized carbons (Fsp3) is 0.571. The summed E-state index contributed by atoms with van der Waals surface area (Å²) in [6, 6.07) is 6.78. The molecule has 3 nitrogen and oxygen atoms in total. The van der Waals surface area contributed by atoms with Crippen LogP contribution in [0.25, 0.3) is 0 Å². The van der Waals surface area contributed by atoms with Crippen LogP contribution in [0.1, 0.15) is 20.3 Å². The first kappa shape index (κ1) is 13.5. The predicted octanol–water partition coefficient (Wildman–Crippen LogP) is 2.93. The van der Waals surface area contributed by atoms with Gasteiger partial charge in [-0.1, -0.05) is 18.5 Å². The molecule has 1 aliphatic heterocycles. The van der Waals surface area contributed by atoms with Gasteiger partial charge in [-0.15, -0.1) is 0 Å². The zero-order chi connectivity index (χ0) is 13.1. The Bertz CT molecular complexity index is 411. The van der Waals surface area contributed by atoms with E-state index < -0.39 is 0 Å². The van der Waals surface area contributed by atoms with Gasteiger partial charge >= 0.3 is 0 Å². The molecule has 2 unspecified atom stereocenters. The van der Waals surface area contributed by atoms with Gasteiger partial charge in [-0.05, 0) is 31.5 Å². The minimum atomic E-state index is 0.445. The molecule has 0 amide bonds. The monoisotopic (exact) mass is 268 g/mol. The fourth-order valence-corrected chi connectivity index (χ4v) is 2.59. The third-order valence-corrected chi connectivity index (χ3v) is 3.83. The second-order valence-corrected chi connectivity index (χ2v) is 5.27. The van der Waals surface area contributed by atoms with Crippen LogP contribution < -0.4 is 15.0 Å². The van der Waals surface area contributed by atoms with Gasteiger partial charge in [0.1, 0.15) is 5.75 Å². The van der Waals surface area contributed by atoms with Gasteiger partial charge in [0.05, 0.1) is 12.8 Å². The summed E-state index contributed by atoms with van der Waals surface area (Å²) in [4.78, 5) is 2.38. The molecular weight excluding hydrogens is 248 g/mol. The summed E-state index contributed by atoms with van der Waals surface area (Å²) < 4.78 is 5.45. The standard InChI is InChI=1S/C14H21ClN2O/c1-4-12-9-17(10(2)8-16-12)13-7-11(15)5-6-14(13)18-3/h5-7,10,12,16H,4,8-9H2,1-3H3. The van der Waals surface area contributed by atoms with Gasteiger partial charge in [0.2, 0.25) is 0 Å². The lowest BCUT2D eigenvalue weighted by molar-refractivity contribution is 0.383. The van der Waals surface area contributed by atoms with E-state index in [1.807, 2.05) is 18.2 Å². The summed E-state index contributed by atoms with van der Waals surface area (Å²) in [6.45, 7) is 6.42. The number of nitrogens with one attached hydrogen (secondary N) is 1. The molecule has 18 heavy (non-hydrogen) atoms. The van der Waals surface area contributed by atoms with Crippen LogP contribution in [0.2, 0.25) is 5.02 Å². The first-order valence-electron chi connectivity index (χ1n) is 6.49. The van der Waals surface area contributed by atoms with Crippen LogP contribution in [0.4, 0.5) is 5.69 Å². The smallest absolute Gasteiger partial charge is 0.142 e. The van der Waals surface area contributed by atoms with Crippen molar-refractivity contribution in [2.75, 3.05) is 25.1 Å². The molecule has 0 spiro atoms. The van der Waals surface area contributed by atoms with Gasteiger partial charge in [-0.3, -0.25) is 0 Å². The number of anilines is 1. The van der Waals surface area contributed by atoms with Crippen LogP contribution in [-0.2, 0) is 0 Å². The summed E-state index contributed by atoms with van der Waals surface area (Å²) in [5.74, 6) is 0.892. The van der Waals surface area contributed by atoms with Gasteiger partial charge in [0, 0.05) is 30.2 Å². The van der Waals surface area contributed by atoms with Crippen molar-refractivity contribution in [3.63, 3.8) is 0 Å². The minimum absolute atomic E-state index is 0.445. The Morgan fingerprint density at radius 1 is 1.50 bits per heavy atom. The molecule has 0 aliphatic carbocycles. The van der Waals surface area contributed by atoms with Crippen molar-refractivity contribution < 1.29 is 4.74 Å². The zero-order valence-electron chi connectivity index (χ0n) is 11.2. The van der Waals surface area contributed by atoms with Gasteiger partial charge in [-0.2, -0.15) is 0 Å². The molecule has 2 atom stereocenters. The highest BCUT2D eigenvalue weighted by molar-refractivity contribution is 6.30. The largest absolute Gasteiger partial charge is 0.495 e. The van der Waals surface area contributed by atoms with Crippen molar-refractivity contribution in [1.29, 1.82) is 0 Å². The Morgan fingerprint density at radius 2 is 2.28 bits per heavy atom. The second kappa shape index (κ2) is 5.81. The molecule has 4 heteroatoms. The van der Waals surface area contributed by atoms with E-state index in [0.29, 0.717) is 12.1 Å². The maximum atomic E-state index is 6.11. The molecule has 0 radical (unpaired) electrons. The third kappa shape index (κ3) is 2.73. The SMILES string of the molecule is CCC1CN(c2cc(Cl)ccc2OC)C(C)CN1. The number of piperazine rings is 1. The minimum Gasteiger partial charge on any atom is -0.495 e. The van der Waals surface area contributed by atoms with Crippen molar-refractivity contribution in [3.05, 3.63) is 23.2 Å². The van der Waals surface area contributed by atoms with E-state index in [4.69, 9.17) is 16.3 Å². The number of rotatable bonds is 3. The summed E-state index contributed by atoms with van der Waals surface area (Å²) in [5.41, 5.74) is 1.09. The van der Waals surface area contributed by atoms with E-state index in [9.17, 15) is 0 Å². The number of nitrogens with zero attached hydrogens (tertiary/aromatic N) is 1. The molecule has 2 rings (SSSR count). The highest BCUT2D eigenvalue weighted by Gasteiger charge is 2.26. The Labute approximate surface area is 114 Å². The van der Waals surface area contributed by atoms with Gasteiger partial charge in [0.25, 0.3) is 0 Å². The van der Waals surface area contributed by atoms with E-state index in [0.717, 1.165) is 36.0 Å². The van der Waals surface area contributed by atoms with Crippen LogP contribution in [0.15, 0.2) is 18.2 Å². The molecule has 1 saturated heterocycles. The van der Waals surface area contributed by atoms with Gasteiger partial charge < -0.3 is 15.0 Å². The highest BCUT2D eigenvalue weighted by atomic mass is 35.5. The first-order chi connectivity index (χ1) is 8.65. The zero-order valence-corrected chi connectivity index (χ0v) is 12.0. The second-order valence-electron chi connectivity index (χ2n) is 4.83. The average Bonchev–Trinajstić information content (AvgIpc) is 2.39. The van der Waals surface area contributed by atoms with E-state index in [1.54, 1.807) is 7.11 Å². The Balaban J connectivity index is 2.30. The number of ether oxygens (including phenoxy) is 1. The molecule has 1 aromatic rings. The highest BCUT2D eigenvalue weighted by Crippen LogP contribution is 2.33. The molecule has 0 aromatic heterocycles. The molecule has 0 bridgehead atoms. The van der Waals surface area contributed by atoms with Crippen molar-refractivity contribution >= 4 is 17.3 Å². The Hall–Kier alpha value is -0.930. The van der Waals surface area contributed by atoms with Crippen LogP contribution in [-0.4, -0.2) is 32.3 Å². The number of halogens is 1. The van der Waals surface area contributed by atoms with Crippen molar-refractivity contribution in [2.24, 2.45) is 0 Å². The molecule has 1 aromatic carbocycles. The lowest BCUT2D eigenvalue weighted by Gasteiger charge is -2.40. The Kier molecular flexibility index (Phi) is 4.36. The van der Waals surface area contributed by atoms with Crippen molar-refractivity contribution in [2.45, 2.75) is 32.4 Å². The summed E-state index contributed by atoms with van der Waals surface area (Å²) in [6.07, 6.45) is 1.13. The van der Waals surface area contributed by atoms with Crippen LogP contribution in [0.5, 0.6) is 5.75 Å². The van der Waals surface area contributed by atoms with Crippen LogP contribution in [0, 0.1) is 0 Å². The van der Waals surface area contributed by atoms with Crippen molar-refractivity contribution in [1.82, 2.24) is 5.32 Å². The lowest BCUT2D eigenvalue weighted by Crippen LogP contribution is -2.55. The van der Waals surface area contributed by atoms with E-state index >= 15 is 0 Å². The van der Waals surface area contributed by atoms with Crippen LogP contribution in [0.3, 0.4) is 0 Å². The number of benzene rings is 1. The molecule has 1 N–H and O–H groups in total. The third-order valence-electron chi connectivity index (χ3n) is 3.59. The Morgan fingerprint density at radius 3 is 2.94 bits per heavy atom. The fourth-order valence-electron chi connectivity index (χ4n) is 2.43. The maximum Gasteiger partial charge on any atom is 0.142 e. The van der Waals surface area contributed by atoms with E-state index in [1.165, 1.54) is 0 Å². The molecule has 0 saturated carbocycles. The van der Waals surface area contributed by atoms with Gasteiger partial charge in [-0.25, -0.2) is 0 Å². The van der Waals surface area contributed by atoms with E-state index in [-0.39, 0.29) is 0 Å². The number of methoxy groups -OCH3 is 1. The summed E-state index contributed by atoms with van der Waals surface area (Å²) >= 11 is 6.11. The van der Waals surface area contributed by atoms with Crippen molar-refractivity contribution in [3.8, 4) is 5.75 Å². The molecule has 1 heterocycles. The molecule has 100 valence electrons. The number of hydrogen-bond donors (Lipinski definition) is 1. The molecule has 1 fully saturated rings. The van der Waals surface area contributed by atoms with Gasteiger partial charge in [0.15, 0.2) is 0 Å². The molecule has 1 aliphatic rings. The average molecular weight is 269 g/mol. The normalized spacial score (nSPS) is 24.1. The maximum absolute atomic E-state index is 6.11. The quantitative estimate of drug-likeness (QED) is 0.912. The van der Waals surface area contributed by atoms with E-state index in [2.05, 4.69) is 24.1 Å². The predicted molar refractivity (Wildman–Crippen MR) is 76.9 cm³/mol. The number of hydrogen-bond acceptors (Lipinski definition) is 3. The topological polar surface area (TPSA) is 24.5 Å². The summed E-state index contributed by atoms with van der Waals surface area (Å²) in [5, 5.41) is 4.31. The summed E-state index contributed by atoms with van der Waals surface area (Å²) in [7, 11) is 1.71. The first-order valence-corrected chi connectivity index (χ1v) is 6.87. The molecular formula is C14H21ClN2O. The van der Waals surface area contributed by atoms with Crippen LogP contribution >= 0.6 is 11.6 Å². The lowest BCUT2D eigenvalue weighted by atomic mass is 10.1.